The Morgan fingerprint density at radius 2 is 1.50 bits per heavy atom. The number of piperidine rings is 1. The molecule has 0 aliphatic carbocycles. The Bertz CT molecular complexity index is 814. The number of aromatic amines is 1. The standard InChI is InChI=1S/C15H13N.C9H19N/c1-2-5-12(6-3-1)11-13-7-4-8-15-14(13)9-10-16-15;1-8(2)6-5-7-9(3,4)10-8/h1-10,16H,11H2;10H,5-7H2,1-4H3. The van der Waals surface area contributed by atoms with Crippen LogP contribution in [0, 0.1) is 0 Å². The number of rotatable bonds is 2. The second-order valence-electron chi connectivity index (χ2n) is 8.76. The predicted octanol–water partition coefficient (Wildman–Crippen LogP) is 6.08. The number of fused-ring (bicyclic) bond motifs is 1. The van der Waals surface area contributed by atoms with Crippen molar-refractivity contribution in [1.29, 1.82) is 0 Å². The van der Waals surface area contributed by atoms with Gasteiger partial charge in [-0.1, -0.05) is 42.5 Å². The average Bonchev–Trinajstić information content (AvgIpc) is 3.04. The van der Waals surface area contributed by atoms with Gasteiger partial charge in [-0.15, -0.1) is 0 Å². The van der Waals surface area contributed by atoms with E-state index in [0.717, 1.165) is 6.42 Å². The van der Waals surface area contributed by atoms with Crippen molar-refractivity contribution in [3.05, 3.63) is 71.9 Å². The van der Waals surface area contributed by atoms with Crippen molar-refractivity contribution in [2.75, 3.05) is 0 Å². The average molecular weight is 349 g/mol. The fourth-order valence-corrected chi connectivity index (χ4v) is 4.13. The Hall–Kier alpha value is -2.06. The van der Waals surface area contributed by atoms with Gasteiger partial charge < -0.3 is 10.3 Å². The van der Waals surface area contributed by atoms with Crippen molar-refractivity contribution in [2.45, 2.75) is 64.5 Å². The first-order valence-corrected chi connectivity index (χ1v) is 9.73. The molecule has 0 bridgehead atoms. The first kappa shape index (κ1) is 18.7. The molecule has 1 aliphatic rings. The highest BCUT2D eigenvalue weighted by molar-refractivity contribution is 5.83. The lowest BCUT2D eigenvalue weighted by Crippen LogP contribution is -2.55. The lowest BCUT2D eigenvalue weighted by molar-refractivity contribution is 0.183. The molecule has 1 aromatic heterocycles. The highest BCUT2D eigenvalue weighted by Crippen LogP contribution is 2.27. The Morgan fingerprint density at radius 3 is 2.12 bits per heavy atom. The summed E-state index contributed by atoms with van der Waals surface area (Å²) in [6, 6.07) is 19.1. The summed E-state index contributed by atoms with van der Waals surface area (Å²) in [7, 11) is 0. The van der Waals surface area contributed by atoms with E-state index in [4.69, 9.17) is 0 Å². The summed E-state index contributed by atoms with van der Waals surface area (Å²) in [6.07, 6.45) is 7.00. The molecule has 2 heteroatoms. The number of aromatic nitrogens is 1. The van der Waals surface area contributed by atoms with Gasteiger partial charge in [0.1, 0.15) is 0 Å². The first-order chi connectivity index (χ1) is 12.3. The van der Waals surface area contributed by atoms with Crippen LogP contribution in [-0.2, 0) is 6.42 Å². The normalized spacial score (nSPS) is 18.2. The maximum Gasteiger partial charge on any atom is 0.0456 e. The van der Waals surface area contributed by atoms with E-state index in [9.17, 15) is 0 Å². The van der Waals surface area contributed by atoms with Crippen LogP contribution in [0.2, 0.25) is 0 Å². The van der Waals surface area contributed by atoms with Crippen LogP contribution in [0.1, 0.15) is 58.1 Å². The van der Waals surface area contributed by atoms with Gasteiger partial charge in [0.15, 0.2) is 0 Å². The van der Waals surface area contributed by atoms with Crippen LogP contribution in [-0.4, -0.2) is 16.1 Å². The van der Waals surface area contributed by atoms with Crippen LogP contribution in [0.3, 0.4) is 0 Å². The minimum Gasteiger partial charge on any atom is -0.361 e. The third kappa shape index (κ3) is 4.98. The van der Waals surface area contributed by atoms with Crippen molar-refractivity contribution in [3.63, 3.8) is 0 Å². The molecular weight excluding hydrogens is 316 g/mol. The molecule has 2 nitrogen and oxygen atoms in total. The molecule has 3 aromatic rings. The lowest BCUT2D eigenvalue weighted by atomic mass is 9.83. The van der Waals surface area contributed by atoms with E-state index in [1.54, 1.807) is 0 Å². The number of hydrogen-bond donors (Lipinski definition) is 2. The molecule has 0 amide bonds. The van der Waals surface area contributed by atoms with Gasteiger partial charge in [0.05, 0.1) is 0 Å². The third-order valence-corrected chi connectivity index (χ3v) is 5.20. The van der Waals surface area contributed by atoms with Gasteiger partial charge in [0, 0.05) is 28.2 Å². The fourth-order valence-electron chi connectivity index (χ4n) is 4.13. The highest BCUT2D eigenvalue weighted by Gasteiger charge is 2.31. The molecule has 1 saturated heterocycles. The molecule has 0 atom stereocenters. The van der Waals surface area contributed by atoms with Gasteiger partial charge in [-0.25, -0.2) is 0 Å². The largest absolute Gasteiger partial charge is 0.361 e. The third-order valence-electron chi connectivity index (χ3n) is 5.20. The van der Waals surface area contributed by atoms with E-state index in [2.05, 4.69) is 92.6 Å². The molecule has 138 valence electrons. The van der Waals surface area contributed by atoms with E-state index in [1.807, 2.05) is 6.20 Å². The number of H-pyrrole nitrogens is 1. The van der Waals surface area contributed by atoms with Crippen LogP contribution in [0.15, 0.2) is 60.8 Å². The van der Waals surface area contributed by atoms with E-state index < -0.39 is 0 Å². The van der Waals surface area contributed by atoms with Crippen molar-refractivity contribution in [1.82, 2.24) is 10.3 Å². The topological polar surface area (TPSA) is 27.8 Å². The fraction of sp³-hybridized carbons (Fsp3) is 0.417. The maximum absolute atomic E-state index is 3.63. The van der Waals surface area contributed by atoms with E-state index in [0.29, 0.717) is 11.1 Å². The minimum atomic E-state index is 0.363. The molecule has 2 aromatic carbocycles. The molecule has 0 radical (unpaired) electrons. The van der Waals surface area contributed by atoms with Gasteiger partial charge in [-0.2, -0.15) is 0 Å². The molecule has 4 rings (SSSR count). The summed E-state index contributed by atoms with van der Waals surface area (Å²) in [4.78, 5) is 3.25. The zero-order chi connectivity index (χ0) is 18.6. The van der Waals surface area contributed by atoms with E-state index >= 15 is 0 Å². The summed E-state index contributed by atoms with van der Waals surface area (Å²) < 4.78 is 0. The van der Waals surface area contributed by atoms with Crippen LogP contribution in [0.25, 0.3) is 10.9 Å². The highest BCUT2D eigenvalue weighted by atomic mass is 15.0. The first-order valence-electron chi connectivity index (χ1n) is 9.73. The summed E-state index contributed by atoms with van der Waals surface area (Å²) in [5, 5.41) is 4.96. The lowest BCUT2D eigenvalue weighted by Gasteiger charge is -2.42. The molecule has 1 fully saturated rings. The monoisotopic (exact) mass is 348 g/mol. The van der Waals surface area contributed by atoms with Gasteiger partial charge in [0.25, 0.3) is 0 Å². The molecule has 2 heterocycles. The smallest absolute Gasteiger partial charge is 0.0456 e. The SMILES string of the molecule is CC1(C)CCCC(C)(C)N1.c1ccc(Cc2cccc3[nH]ccc23)cc1. The second kappa shape index (κ2) is 7.67. The van der Waals surface area contributed by atoms with Crippen molar-refractivity contribution >= 4 is 10.9 Å². The zero-order valence-corrected chi connectivity index (χ0v) is 16.6. The van der Waals surface area contributed by atoms with Crippen LogP contribution < -0.4 is 5.32 Å². The van der Waals surface area contributed by atoms with Crippen molar-refractivity contribution in [2.24, 2.45) is 0 Å². The minimum absolute atomic E-state index is 0.363. The van der Waals surface area contributed by atoms with E-state index in [-0.39, 0.29) is 0 Å². The van der Waals surface area contributed by atoms with Crippen molar-refractivity contribution < 1.29 is 0 Å². The maximum atomic E-state index is 3.63. The molecule has 26 heavy (non-hydrogen) atoms. The van der Waals surface area contributed by atoms with Gasteiger partial charge in [-0.3, -0.25) is 0 Å². The number of benzene rings is 2. The Labute approximate surface area is 158 Å². The van der Waals surface area contributed by atoms with Crippen LogP contribution in [0.5, 0.6) is 0 Å². The molecule has 0 saturated carbocycles. The van der Waals surface area contributed by atoms with E-state index in [1.165, 1.54) is 41.3 Å². The van der Waals surface area contributed by atoms with Crippen molar-refractivity contribution in [3.8, 4) is 0 Å². The number of hydrogen-bond acceptors (Lipinski definition) is 1. The predicted molar refractivity (Wildman–Crippen MR) is 113 cm³/mol. The Kier molecular flexibility index (Phi) is 5.52. The Morgan fingerprint density at radius 1 is 0.808 bits per heavy atom. The second-order valence-corrected chi connectivity index (χ2v) is 8.76. The molecule has 0 unspecified atom stereocenters. The summed E-state index contributed by atoms with van der Waals surface area (Å²) >= 11 is 0. The van der Waals surface area contributed by atoms with Gasteiger partial charge in [-0.05, 0) is 76.6 Å². The summed E-state index contributed by atoms with van der Waals surface area (Å²) in [6.45, 7) is 9.14. The molecule has 0 spiro atoms. The quantitative estimate of drug-likeness (QED) is 0.577. The van der Waals surface area contributed by atoms with Crippen LogP contribution in [0.4, 0.5) is 0 Å². The van der Waals surface area contributed by atoms with Gasteiger partial charge in [0.2, 0.25) is 0 Å². The Balaban J connectivity index is 0.000000170. The molecule has 1 aliphatic heterocycles. The summed E-state index contributed by atoms with van der Waals surface area (Å²) in [5.74, 6) is 0. The summed E-state index contributed by atoms with van der Waals surface area (Å²) in [5.41, 5.74) is 4.68. The zero-order valence-electron chi connectivity index (χ0n) is 16.6. The van der Waals surface area contributed by atoms with Crippen LogP contribution >= 0.6 is 0 Å². The molecule has 2 N–H and O–H groups in total. The van der Waals surface area contributed by atoms with Gasteiger partial charge >= 0.3 is 0 Å². The number of nitrogens with one attached hydrogen (secondary N) is 2. The molecular formula is C24H32N2.